The second kappa shape index (κ2) is 8.56. The number of benzene rings is 2. The van der Waals surface area contributed by atoms with Gasteiger partial charge in [-0.1, -0.05) is 36.8 Å². The minimum atomic E-state index is 0.105. The zero-order valence-corrected chi connectivity index (χ0v) is 14.7. The monoisotopic (exact) mass is 339 g/mol. The van der Waals surface area contributed by atoms with Gasteiger partial charge in [-0.3, -0.25) is 0 Å². The molecule has 0 bridgehead atoms. The lowest BCUT2D eigenvalue weighted by Gasteiger charge is -2.20. The maximum atomic E-state index is 12.4. The standard InChI is InChI=1S/C21H25NO3/c1-24-21-14-18(15-22(23)19-10-6-3-7-11-19)12-13-20(21)25-16-17-8-4-2-5-9-17/h2,4-5,8-9,12-15,19H,3,6-7,10-11,16H2,1H3. The van der Waals surface area contributed by atoms with Crippen LogP contribution >= 0.6 is 0 Å². The Labute approximate surface area is 149 Å². The van der Waals surface area contributed by atoms with Crippen LogP contribution in [0, 0.1) is 5.21 Å². The molecular weight excluding hydrogens is 314 g/mol. The van der Waals surface area contributed by atoms with E-state index in [0.29, 0.717) is 18.1 Å². The molecule has 2 aromatic carbocycles. The van der Waals surface area contributed by atoms with Crippen LogP contribution in [0.15, 0.2) is 48.5 Å². The van der Waals surface area contributed by atoms with E-state index >= 15 is 0 Å². The van der Waals surface area contributed by atoms with Crippen molar-refractivity contribution in [2.75, 3.05) is 7.11 Å². The molecule has 1 saturated carbocycles. The zero-order chi connectivity index (χ0) is 17.5. The first-order chi connectivity index (χ1) is 12.3. The van der Waals surface area contributed by atoms with E-state index in [4.69, 9.17) is 9.47 Å². The Hall–Kier alpha value is -2.49. The molecule has 2 aromatic rings. The lowest BCUT2D eigenvalue weighted by molar-refractivity contribution is -0.500. The fourth-order valence-corrected chi connectivity index (χ4v) is 3.21. The van der Waals surface area contributed by atoms with Crippen LogP contribution in [0.1, 0.15) is 43.2 Å². The molecule has 1 aliphatic carbocycles. The third-order valence-corrected chi connectivity index (χ3v) is 4.64. The van der Waals surface area contributed by atoms with Crippen LogP contribution in [0.3, 0.4) is 0 Å². The van der Waals surface area contributed by atoms with Gasteiger partial charge in [0.25, 0.3) is 0 Å². The lowest BCUT2D eigenvalue weighted by Crippen LogP contribution is -2.25. The predicted molar refractivity (Wildman–Crippen MR) is 99.4 cm³/mol. The van der Waals surface area contributed by atoms with Gasteiger partial charge in [0.1, 0.15) is 6.61 Å². The quantitative estimate of drug-likeness (QED) is 0.336. The first-order valence-electron chi connectivity index (χ1n) is 8.91. The minimum absolute atomic E-state index is 0.105. The number of nitrogens with zero attached hydrogens (tertiary/aromatic N) is 1. The molecule has 4 heteroatoms. The topological polar surface area (TPSA) is 44.5 Å². The van der Waals surface area contributed by atoms with E-state index in [-0.39, 0.29) is 6.04 Å². The van der Waals surface area contributed by atoms with Gasteiger partial charge in [-0.05, 0) is 36.6 Å². The summed E-state index contributed by atoms with van der Waals surface area (Å²) in [5.41, 5.74) is 1.94. The highest BCUT2D eigenvalue weighted by atomic mass is 16.5. The van der Waals surface area contributed by atoms with Crippen LogP contribution in [0.4, 0.5) is 0 Å². The van der Waals surface area contributed by atoms with E-state index in [1.54, 1.807) is 13.3 Å². The summed E-state index contributed by atoms with van der Waals surface area (Å²) in [6, 6.07) is 15.7. The molecular formula is C21H25NO3. The Bertz CT molecular complexity index is 706. The molecule has 0 atom stereocenters. The fourth-order valence-electron chi connectivity index (χ4n) is 3.21. The van der Waals surface area contributed by atoms with Gasteiger partial charge in [0, 0.05) is 18.4 Å². The molecule has 3 rings (SSSR count). The third kappa shape index (κ3) is 4.75. The molecule has 1 fully saturated rings. The Kier molecular flexibility index (Phi) is 5.94. The Morgan fingerprint density at radius 1 is 1.04 bits per heavy atom. The van der Waals surface area contributed by atoms with Gasteiger partial charge in [-0.2, -0.15) is 0 Å². The molecule has 132 valence electrons. The van der Waals surface area contributed by atoms with Crippen molar-refractivity contribution in [2.45, 2.75) is 44.8 Å². The van der Waals surface area contributed by atoms with Crippen molar-refractivity contribution >= 4 is 6.21 Å². The maximum absolute atomic E-state index is 12.4. The van der Waals surface area contributed by atoms with E-state index in [9.17, 15) is 5.21 Å². The summed E-state index contributed by atoms with van der Waals surface area (Å²) in [4.78, 5) is 0. The van der Waals surface area contributed by atoms with Gasteiger partial charge in [-0.25, -0.2) is 4.74 Å². The summed E-state index contributed by atoms with van der Waals surface area (Å²) in [5, 5.41) is 12.4. The molecule has 0 heterocycles. The van der Waals surface area contributed by atoms with E-state index in [1.807, 2.05) is 48.5 Å². The second-order valence-electron chi connectivity index (χ2n) is 6.47. The van der Waals surface area contributed by atoms with Crippen molar-refractivity contribution < 1.29 is 14.2 Å². The number of methoxy groups -OCH3 is 1. The van der Waals surface area contributed by atoms with E-state index < -0.39 is 0 Å². The van der Waals surface area contributed by atoms with Gasteiger partial charge in [0.05, 0.1) is 7.11 Å². The SMILES string of the molecule is COc1cc(C=[N+]([O-])C2CCCCC2)ccc1OCc1ccccc1. The van der Waals surface area contributed by atoms with Crippen LogP contribution in [-0.2, 0) is 6.61 Å². The Morgan fingerprint density at radius 2 is 1.80 bits per heavy atom. The van der Waals surface area contributed by atoms with Gasteiger partial charge in [0.2, 0.25) is 0 Å². The second-order valence-corrected chi connectivity index (χ2v) is 6.47. The van der Waals surface area contributed by atoms with Crippen molar-refractivity contribution in [3.05, 3.63) is 64.9 Å². The van der Waals surface area contributed by atoms with Crippen molar-refractivity contribution in [3.63, 3.8) is 0 Å². The van der Waals surface area contributed by atoms with Crippen molar-refractivity contribution in [1.82, 2.24) is 0 Å². The highest BCUT2D eigenvalue weighted by molar-refractivity contribution is 5.77. The van der Waals surface area contributed by atoms with Crippen molar-refractivity contribution in [1.29, 1.82) is 0 Å². The summed E-state index contributed by atoms with van der Waals surface area (Å²) in [5.74, 6) is 1.32. The Morgan fingerprint density at radius 3 is 2.52 bits per heavy atom. The first-order valence-corrected chi connectivity index (χ1v) is 8.91. The number of hydroxylamine groups is 1. The molecule has 0 aromatic heterocycles. The highest BCUT2D eigenvalue weighted by Crippen LogP contribution is 2.28. The highest BCUT2D eigenvalue weighted by Gasteiger charge is 2.19. The summed E-state index contributed by atoms with van der Waals surface area (Å²) >= 11 is 0. The normalized spacial score (nSPS) is 15.8. The summed E-state index contributed by atoms with van der Waals surface area (Å²) in [6.07, 6.45) is 7.16. The van der Waals surface area contributed by atoms with Crippen LogP contribution < -0.4 is 9.47 Å². The average Bonchev–Trinajstić information content (AvgIpc) is 2.68. The molecule has 1 aliphatic rings. The summed E-state index contributed by atoms with van der Waals surface area (Å²) in [7, 11) is 1.62. The molecule has 0 N–H and O–H groups in total. The number of rotatable bonds is 6. The molecule has 0 radical (unpaired) electrons. The van der Waals surface area contributed by atoms with Gasteiger partial charge in [-0.15, -0.1) is 0 Å². The van der Waals surface area contributed by atoms with Crippen LogP contribution in [-0.4, -0.2) is 24.1 Å². The molecule has 0 spiro atoms. The summed E-state index contributed by atoms with van der Waals surface area (Å²) < 4.78 is 12.4. The zero-order valence-electron chi connectivity index (χ0n) is 14.7. The first kappa shape index (κ1) is 17.3. The number of hydrogen-bond donors (Lipinski definition) is 0. The number of ether oxygens (including phenoxy) is 2. The van der Waals surface area contributed by atoms with E-state index in [1.165, 1.54) is 6.42 Å². The molecule has 0 aliphatic heterocycles. The molecule has 0 amide bonds. The largest absolute Gasteiger partial charge is 0.624 e. The smallest absolute Gasteiger partial charge is 0.182 e. The van der Waals surface area contributed by atoms with Crippen molar-refractivity contribution in [2.24, 2.45) is 0 Å². The van der Waals surface area contributed by atoms with E-state index in [2.05, 4.69) is 0 Å². The molecule has 4 nitrogen and oxygen atoms in total. The third-order valence-electron chi connectivity index (χ3n) is 4.64. The molecule has 0 saturated heterocycles. The fraction of sp³-hybridized carbons (Fsp3) is 0.381. The average molecular weight is 339 g/mol. The van der Waals surface area contributed by atoms with Crippen LogP contribution in [0.5, 0.6) is 11.5 Å². The summed E-state index contributed by atoms with van der Waals surface area (Å²) in [6.45, 7) is 0.482. The molecule has 0 unspecified atom stereocenters. The van der Waals surface area contributed by atoms with Crippen molar-refractivity contribution in [3.8, 4) is 11.5 Å². The molecule has 25 heavy (non-hydrogen) atoms. The lowest BCUT2D eigenvalue weighted by atomic mass is 9.96. The van der Waals surface area contributed by atoms with E-state index in [0.717, 1.165) is 41.5 Å². The number of hydrogen-bond acceptors (Lipinski definition) is 3. The van der Waals surface area contributed by atoms with Gasteiger partial charge in [0.15, 0.2) is 23.8 Å². The van der Waals surface area contributed by atoms with Gasteiger partial charge < -0.3 is 14.7 Å². The predicted octanol–water partition coefficient (Wildman–Crippen LogP) is 4.54. The Balaban J connectivity index is 1.70. The van der Waals surface area contributed by atoms with Crippen LogP contribution in [0.2, 0.25) is 0 Å². The van der Waals surface area contributed by atoms with Crippen LogP contribution in [0.25, 0.3) is 0 Å². The minimum Gasteiger partial charge on any atom is -0.624 e. The maximum Gasteiger partial charge on any atom is 0.182 e. The van der Waals surface area contributed by atoms with Gasteiger partial charge >= 0.3 is 0 Å².